The van der Waals surface area contributed by atoms with Gasteiger partial charge in [-0.05, 0) is 33.6 Å². The Balaban J connectivity index is 1.93. The maximum Gasteiger partial charge on any atom is 0.327 e. The van der Waals surface area contributed by atoms with E-state index in [-0.39, 0.29) is 24.9 Å². The maximum atomic E-state index is 12.8. The number of likely N-dealkylation sites (N-methyl/N-ethyl adjacent to an activating group) is 1. The summed E-state index contributed by atoms with van der Waals surface area (Å²) >= 11 is 0. The van der Waals surface area contributed by atoms with Crippen molar-refractivity contribution in [3.63, 3.8) is 0 Å². The number of rotatable bonds is 4. The molecule has 5 amide bonds. The van der Waals surface area contributed by atoms with Crippen LogP contribution in [0.25, 0.3) is 0 Å². The largest absolute Gasteiger partial charge is 0.350 e. The average Bonchev–Trinajstić information content (AvgIpc) is 2.69. The fraction of sp³-hybridized carbons (Fsp3) is 0.765. The van der Waals surface area contributed by atoms with Crippen LogP contribution in [-0.4, -0.2) is 64.8 Å². The van der Waals surface area contributed by atoms with Gasteiger partial charge in [-0.1, -0.05) is 19.3 Å². The van der Waals surface area contributed by atoms with Gasteiger partial charge >= 0.3 is 6.03 Å². The topological polar surface area (TPSA) is 98.8 Å². The van der Waals surface area contributed by atoms with E-state index in [0.717, 1.165) is 24.2 Å². The molecule has 2 rings (SSSR count). The molecule has 1 spiro atoms. The van der Waals surface area contributed by atoms with Crippen LogP contribution in [0, 0.1) is 0 Å². The Hall–Kier alpha value is -2.12. The predicted molar refractivity (Wildman–Crippen MR) is 91.6 cm³/mol. The zero-order valence-corrected chi connectivity index (χ0v) is 15.5. The van der Waals surface area contributed by atoms with E-state index in [4.69, 9.17) is 0 Å². The molecule has 1 heterocycles. The molecule has 2 aliphatic rings. The van der Waals surface area contributed by atoms with Crippen LogP contribution in [0.15, 0.2) is 0 Å². The highest BCUT2D eigenvalue weighted by atomic mass is 16.2. The summed E-state index contributed by atoms with van der Waals surface area (Å²) in [6, 6.07) is -0.443. The van der Waals surface area contributed by atoms with Crippen molar-refractivity contribution in [3.8, 4) is 0 Å². The van der Waals surface area contributed by atoms with Crippen molar-refractivity contribution >= 4 is 23.8 Å². The number of carbonyl (C=O) groups excluding carboxylic acids is 4. The first-order valence-electron chi connectivity index (χ1n) is 8.74. The number of urea groups is 1. The summed E-state index contributed by atoms with van der Waals surface area (Å²) in [4.78, 5) is 51.5. The molecule has 1 saturated carbocycles. The SMILES string of the molecule is CN1C(=O)N(CC(=O)NCC(=O)NC(C)(C)C)C(=O)C12CCCCC2. The number of carbonyl (C=O) groups is 4. The van der Waals surface area contributed by atoms with E-state index >= 15 is 0 Å². The van der Waals surface area contributed by atoms with Gasteiger partial charge in [0.25, 0.3) is 5.91 Å². The second-order valence-corrected chi connectivity index (χ2v) is 7.90. The van der Waals surface area contributed by atoms with Gasteiger partial charge in [-0.3, -0.25) is 19.3 Å². The molecule has 8 nitrogen and oxygen atoms in total. The lowest BCUT2D eigenvalue weighted by atomic mass is 9.81. The predicted octanol–water partition coefficient (Wildman–Crippen LogP) is 0.614. The minimum absolute atomic E-state index is 0.187. The Morgan fingerprint density at radius 3 is 2.24 bits per heavy atom. The quantitative estimate of drug-likeness (QED) is 0.724. The third-order valence-corrected chi connectivity index (χ3v) is 4.75. The highest BCUT2D eigenvalue weighted by Crippen LogP contribution is 2.39. The zero-order valence-electron chi connectivity index (χ0n) is 15.5. The van der Waals surface area contributed by atoms with Crippen molar-refractivity contribution in [2.24, 2.45) is 0 Å². The van der Waals surface area contributed by atoms with Gasteiger partial charge in [-0.15, -0.1) is 0 Å². The number of amides is 5. The molecule has 25 heavy (non-hydrogen) atoms. The molecule has 0 unspecified atom stereocenters. The molecule has 1 saturated heterocycles. The Labute approximate surface area is 148 Å². The molecule has 0 aromatic heterocycles. The van der Waals surface area contributed by atoms with Gasteiger partial charge in [0, 0.05) is 12.6 Å². The molecule has 1 aliphatic carbocycles. The molecule has 0 bridgehead atoms. The van der Waals surface area contributed by atoms with E-state index in [9.17, 15) is 19.2 Å². The van der Waals surface area contributed by atoms with E-state index < -0.39 is 23.0 Å². The third kappa shape index (κ3) is 4.11. The van der Waals surface area contributed by atoms with Crippen LogP contribution in [0.3, 0.4) is 0 Å². The second-order valence-electron chi connectivity index (χ2n) is 7.90. The minimum atomic E-state index is -0.792. The van der Waals surface area contributed by atoms with Crippen molar-refractivity contribution < 1.29 is 19.2 Å². The van der Waals surface area contributed by atoms with Gasteiger partial charge in [0.15, 0.2) is 0 Å². The monoisotopic (exact) mass is 352 g/mol. The van der Waals surface area contributed by atoms with E-state index in [2.05, 4.69) is 10.6 Å². The van der Waals surface area contributed by atoms with E-state index in [1.54, 1.807) is 7.05 Å². The summed E-state index contributed by atoms with van der Waals surface area (Å²) < 4.78 is 0. The van der Waals surface area contributed by atoms with Crippen molar-refractivity contribution in [2.45, 2.75) is 64.0 Å². The van der Waals surface area contributed by atoms with Crippen LogP contribution in [0.4, 0.5) is 4.79 Å². The number of nitrogens with one attached hydrogen (secondary N) is 2. The Morgan fingerprint density at radius 1 is 1.08 bits per heavy atom. The Kier molecular flexibility index (Phi) is 5.39. The van der Waals surface area contributed by atoms with Crippen LogP contribution in [0.5, 0.6) is 0 Å². The van der Waals surface area contributed by atoms with E-state index in [0.29, 0.717) is 12.8 Å². The van der Waals surface area contributed by atoms with Crippen LogP contribution in [0.1, 0.15) is 52.9 Å². The van der Waals surface area contributed by atoms with Crippen molar-refractivity contribution in [1.82, 2.24) is 20.4 Å². The number of hydrogen-bond acceptors (Lipinski definition) is 4. The fourth-order valence-corrected chi connectivity index (χ4v) is 3.51. The molecule has 1 aliphatic heterocycles. The third-order valence-electron chi connectivity index (χ3n) is 4.75. The number of hydrogen-bond donors (Lipinski definition) is 2. The normalized spacial score (nSPS) is 20.2. The van der Waals surface area contributed by atoms with Crippen molar-refractivity contribution in [2.75, 3.05) is 20.1 Å². The lowest BCUT2D eigenvalue weighted by Crippen LogP contribution is -2.50. The van der Waals surface area contributed by atoms with Gasteiger partial charge in [0.1, 0.15) is 12.1 Å². The first kappa shape index (κ1) is 19.2. The average molecular weight is 352 g/mol. The first-order valence-corrected chi connectivity index (χ1v) is 8.74. The molecule has 2 fully saturated rings. The molecule has 0 atom stereocenters. The molecular formula is C17H28N4O4. The minimum Gasteiger partial charge on any atom is -0.350 e. The molecule has 140 valence electrons. The highest BCUT2D eigenvalue weighted by Gasteiger charge is 2.55. The van der Waals surface area contributed by atoms with Gasteiger partial charge in [-0.2, -0.15) is 0 Å². The van der Waals surface area contributed by atoms with E-state index in [1.165, 1.54) is 4.90 Å². The Morgan fingerprint density at radius 2 is 1.68 bits per heavy atom. The van der Waals surface area contributed by atoms with Gasteiger partial charge in [0.05, 0.1) is 6.54 Å². The maximum absolute atomic E-state index is 12.8. The highest BCUT2D eigenvalue weighted by molar-refractivity contribution is 6.09. The summed E-state index contributed by atoms with van der Waals surface area (Å²) in [5, 5.41) is 5.19. The second kappa shape index (κ2) is 7.01. The fourth-order valence-electron chi connectivity index (χ4n) is 3.51. The standard InChI is InChI=1S/C17H28N4O4/c1-16(2,3)19-12(22)10-18-13(23)11-21-14(24)17(20(4)15(21)25)8-6-5-7-9-17/h5-11H2,1-4H3,(H,18,23)(H,19,22). The summed E-state index contributed by atoms with van der Waals surface area (Å²) in [6.45, 7) is 4.98. The van der Waals surface area contributed by atoms with Crippen molar-refractivity contribution in [3.05, 3.63) is 0 Å². The van der Waals surface area contributed by atoms with Crippen LogP contribution >= 0.6 is 0 Å². The zero-order chi connectivity index (χ0) is 18.8. The van der Waals surface area contributed by atoms with E-state index in [1.807, 2.05) is 20.8 Å². The van der Waals surface area contributed by atoms with Crippen molar-refractivity contribution in [1.29, 1.82) is 0 Å². The Bertz CT molecular complexity index is 576. The first-order chi connectivity index (χ1) is 11.6. The van der Waals surface area contributed by atoms with Gasteiger partial charge in [0.2, 0.25) is 11.8 Å². The lowest BCUT2D eigenvalue weighted by Gasteiger charge is -2.35. The summed E-state index contributed by atoms with van der Waals surface area (Å²) in [7, 11) is 1.63. The summed E-state index contributed by atoms with van der Waals surface area (Å²) in [5.41, 5.74) is -1.18. The number of nitrogens with zero attached hydrogens (tertiary/aromatic N) is 2. The molecule has 0 aromatic carbocycles. The molecular weight excluding hydrogens is 324 g/mol. The molecule has 2 N–H and O–H groups in total. The molecule has 8 heteroatoms. The molecule has 0 radical (unpaired) electrons. The van der Waals surface area contributed by atoms with Crippen LogP contribution < -0.4 is 10.6 Å². The van der Waals surface area contributed by atoms with Crippen LogP contribution in [0.2, 0.25) is 0 Å². The number of imide groups is 1. The van der Waals surface area contributed by atoms with Gasteiger partial charge in [-0.25, -0.2) is 4.79 Å². The van der Waals surface area contributed by atoms with Crippen LogP contribution in [-0.2, 0) is 14.4 Å². The lowest BCUT2D eigenvalue weighted by molar-refractivity contribution is -0.137. The molecule has 0 aromatic rings. The smallest absolute Gasteiger partial charge is 0.327 e. The van der Waals surface area contributed by atoms with Gasteiger partial charge < -0.3 is 15.5 Å². The summed E-state index contributed by atoms with van der Waals surface area (Å²) in [6.07, 6.45) is 4.13. The summed E-state index contributed by atoms with van der Waals surface area (Å²) in [5.74, 6) is -1.14.